The zero-order valence-electron chi connectivity index (χ0n) is 30.5. The Hall–Kier alpha value is -7.22. The van der Waals surface area contributed by atoms with Crippen molar-refractivity contribution in [2.75, 3.05) is 4.90 Å². The first-order valence-electron chi connectivity index (χ1n) is 18.8. The van der Waals surface area contributed by atoms with Gasteiger partial charge in [0, 0.05) is 17.1 Å². The number of nitrogens with zero attached hydrogens (tertiary/aromatic N) is 1. The lowest BCUT2D eigenvalue weighted by Gasteiger charge is -2.26. The normalized spacial score (nSPS) is 10.9. The first-order chi connectivity index (χ1) is 27.3. The molecule has 260 valence electrons. The van der Waals surface area contributed by atoms with Gasteiger partial charge >= 0.3 is 0 Å². The molecule has 0 aliphatic carbocycles. The van der Waals surface area contributed by atoms with E-state index in [9.17, 15) is 0 Å². The van der Waals surface area contributed by atoms with Crippen molar-refractivity contribution in [1.29, 1.82) is 0 Å². The molecule has 0 N–H and O–H groups in total. The fraction of sp³-hybridized carbons (Fsp3) is 0. The van der Waals surface area contributed by atoms with Gasteiger partial charge in [-0.2, -0.15) is 0 Å². The van der Waals surface area contributed by atoms with Crippen LogP contribution in [0.5, 0.6) is 0 Å². The van der Waals surface area contributed by atoms with Gasteiger partial charge in [-0.05, 0) is 103 Å². The summed E-state index contributed by atoms with van der Waals surface area (Å²) in [6, 6.07) is 84.9. The predicted octanol–water partition coefficient (Wildman–Crippen LogP) is 15.2. The summed E-state index contributed by atoms with van der Waals surface area (Å²) in [5, 5.41) is 0. The van der Waals surface area contributed by atoms with Gasteiger partial charge in [-0.3, -0.25) is 0 Å². The van der Waals surface area contributed by atoms with Crippen molar-refractivity contribution in [3.05, 3.63) is 237 Å². The van der Waals surface area contributed by atoms with Crippen LogP contribution in [0.4, 0.5) is 17.1 Å². The standard InChI is InChI=1S/C54H39N/c1-5-15-40(16-6-1)42-27-29-43(30-28-42)44-31-35-49(36-32-44)55(51-24-13-23-48(39-51)41-17-7-2-8-18-41)50-37-33-46(34-38-50)53-26-14-25-52(45-19-9-3-10-20-45)54(53)47-21-11-4-12-22-47/h1-39H. The molecule has 9 rings (SSSR count). The van der Waals surface area contributed by atoms with Gasteiger partial charge in [0.25, 0.3) is 0 Å². The second-order valence-electron chi connectivity index (χ2n) is 13.7. The van der Waals surface area contributed by atoms with E-state index in [-0.39, 0.29) is 0 Å². The summed E-state index contributed by atoms with van der Waals surface area (Å²) < 4.78 is 0. The fourth-order valence-electron chi connectivity index (χ4n) is 7.55. The molecule has 0 aromatic heterocycles. The lowest BCUT2D eigenvalue weighted by Crippen LogP contribution is -2.10. The van der Waals surface area contributed by atoms with E-state index in [1.807, 2.05) is 0 Å². The maximum atomic E-state index is 2.36. The van der Waals surface area contributed by atoms with Crippen molar-refractivity contribution in [3.63, 3.8) is 0 Å². The van der Waals surface area contributed by atoms with Gasteiger partial charge in [-0.1, -0.05) is 200 Å². The molecule has 0 unspecified atom stereocenters. The van der Waals surface area contributed by atoms with Crippen molar-refractivity contribution in [2.45, 2.75) is 0 Å². The van der Waals surface area contributed by atoms with E-state index >= 15 is 0 Å². The summed E-state index contributed by atoms with van der Waals surface area (Å²) in [5.74, 6) is 0. The van der Waals surface area contributed by atoms with E-state index in [1.165, 1.54) is 66.8 Å². The second kappa shape index (κ2) is 15.4. The fourth-order valence-corrected chi connectivity index (χ4v) is 7.55. The first kappa shape index (κ1) is 33.6. The van der Waals surface area contributed by atoms with Gasteiger partial charge in [0.05, 0.1) is 0 Å². The monoisotopic (exact) mass is 701 g/mol. The molecule has 0 saturated carbocycles. The van der Waals surface area contributed by atoms with E-state index in [4.69, 9.17) is 0 Å². The number of anilines is 3. The van der Waals surface area contributed by atoms with E-state index in [0.29, 0.717) is 0 Å². The number of rotatable bonds is 9. The topological polar surface area (TPSA) is 3.24 Å². The maximum Gasteiger partial charge on any atom is 0.0467 e. The van der Waals surface area contributed by atoms with Crippen molar-refractivity contribution >= 4 is 17.1 Å². The van der Waals surface area contributed by atoms with Gasteiger partial charge in [-0.25, -0.2) is 0 Å². The molecule has 0 spiro atoms. The van der Waals surface area contributed by atoms with Gasteiger partial charge in [0.2, 0.25) is 0 Å². The molecule has 0 amide bonds. The highest BCUT2D eigenvalue weighted by molar-refractivity contribution is 5.95. The quantitative estimate of drug-likeness (QED) is 0.145. The van der Waals surface area contributed by atoms with Crippen molar-refractivity contribution < 1.29 is 0 Å². The molecule has 1 heteroatoms. The molecular formula is C54H39N. The first-order valence-corrected chi connectivity index (χ1v) is 18.8. The molecule has 9 aromatic rings. The molecule has 0 saturated heterocycles. The zero-order chi connectivity index (χ0) is 36.8. The highest BCUT2D eigenvalue weighted by Gasteiger charge is 2.17. The summed E-state index contributed by atoms with van der Waals surface area (Å²) in [4.78, 5) is 2.36. The van der Waals surface area contributed by atoms with Crippen LogP contribution in [0, 0.1) is 0 Å². The third kappa shape index (κ3) is 7.12. The van der Waals surface area contributed by atoms with Crippen LogP contribution in [-0.4, -0.2) is 0 Å². The lowest BCUT2D eigenvalue weighted by molar-refractivity contribution is 1.28. The average molecular weight is 702 g/mol. The third-order valence-electron chi connectivity index (χ3n) is 10.3. The minimum absolute atomic E-state index is 1.09. The largest absolute Gasteiger partial charge is 0.310 e. The summed E-state index contributed by atoms with van der Waals surface area (Å²) in [7, 11) is 0. The Labute approximate surface area is 324 Å². The van der Waals surface area contributed by atoms with Crippen LogP contribution >= 0.6 is 0 Å². The van der Waals surface area contributed by atoms with Gasteiger partial charge in [0.15, 0.2) is 0 Å². The van der Waals surface area contributed by atoms with E-state index in [0.717, 1.165) is 17.1 Å². The SMILES string of the molecule is c1ccc(-c2ccc(-c3ccc(N(c4ccc(-c5cccc(-c6ccccc6)c5-c5ccccc5)cc4)c4cccc(-c5ccccc5)c4)cc3)cc2)cc1. The molecule has 1 nitrogen and oxygen atoms in total. The van der Waals surface area contributed by atoms with Crippen LogP contribution in [0.25, 0.3) is 66.8 Å². The highest BCUT2D eigenvalue weighted by atomic mass is 15.1. The molecule has 0 bridgehead atoms. The summed E-state index contributed by atoms with van der Waals surface area (Å²) in [6.45, 7) is 0. The smallest absolute Gasteiger partial charge is 0.0467 e. The Morgan fingerprint density at radius 2 is 0.527 bits per heavy atom. The van der Waals surface area contributed by atoms with Crippen molar-refractivity contribution in [3.8, 4) is 66.8 Å². The molecule has 0 fully saturated rings. The van der Waals surface area contributed by atoms with Crippen LogP contribution in [0.1, 0.15) is 0 Å². The Balaban J connectivity index is 1.11. The number of hydrogen-bond donors (Lipinski definition) is 0. The highest BCUT2D eigenvalue weighted by Crippen LogP contribution is 2.42. The van der Waals surface area contributed by atoms with Crippen LogP contribution < -0.4 is 4.90 Å². The minimum atomic E-state index is 1.09. The van der Waals surface area contributed by atoms with Gasteiger partial charge in [0.1, 0.15) is 0 Å². The van der Waals surface area contributed by atoms with E-state index in [1.54, 1.807) is 0 Å². The van der Waals surface area contributed by atoms with E-state index < -0.39 is 0 Å². The third-order valence-corrected chi connectivity index (χ3v) is 10.3. The van der Waals surface area contributed by atoms with Crippen molar-refractivity contribution in [2.24, 2.45) is 0 Å². The minimum Gasteiger partial charge on any atom is -0.310 e. The predicted molar refractivity (Wildman–Crippen MR) is 234 cm³/mol. The maximum absolute atomic E-state index is 2.36. The average Bonchev–Trinajstić information content (AvgIpc) is 3.28. The van der Waals surface area contributed by atoms with Gasteiger partial charge < -0.3 is 4.90 Å². The zero-order valence-corrected chi connectivity index (χ0v) is 30.5. The van der Waals surface area contributed by atoms with E-state index in [2.05, 4.69) is 241 Å². The molecule has 0 aliphatic rings. The Morgan fingerprint density at radius 1 is 0.200 bits per heavy atom. The molecule has 0 heterocycles. The Morgan fingerprint density at radius 3 is 1.02 bits per heavy atom. The summed E-state index contributed by atoms with van der Waals surface area (Å²) in [6.07, 6.45) is 0. The summed E-state index contributed by atoms with van der Waals surface area (Å²) in [5.41, 5.74) is 17.7. The molecule has 0 atom stereocenters. The van der Waals surface area contributed by atoms with Crippen LogP contribution in [0.15, 0.2) is 237 Å². The second-order valence-corrected chi connectivity index (χ2v) is 13.7. The summed E-state index contributed by atoms with van der Waals surface area (Å²) >= 11 is 0. The van der Waals surface area contributed by atoms with Crippen molar-refractivity contribution in [1.82, 2.24) is 0 Å². The Bertz CT molecular complexity index is 2630. The van der Waals surface area contributed by atoms with Gasteiger partial charge in [-0.15, -0.1) is 0 Å². The number of benzene rings is 9. The van der Waals surface area contributed by atoms with Crippen LogP contribution in [0.2, 0.25) is 0 Å². The molecular weight excluding hydrogens is 663 g/mol. The molecule has 0 radical (unpaired) electrons. The van der Waals surface area contributed by atoms with Crippen LogP contribution in [0.3, 0.4) is 0 Å². The Kier molecular flexibility index (Phi) is 9.41. The molecule has 55 heavy (non-hydrogen) atoms. The lowest BCUT2D eigenvalue weighted by atomic mass is 9.87. The number of hydrogen-bond acceptors (Lipinski definition) is 1. The van der Waals surface area contributed by atoms with Crippen LogP contribution in [-0.2, 0) is 0 Å². The molecule has 9 aromatic carbocycles. The molecule has 0 aliphatic heterocycles.